The standard InChI is InChI=1S/3C2H2O4.2Ti/c3*3-1(4)2(5)6;;/h3*(H,3,4)(H,5,6);;. The minimum absolute atomic E-state index is 0. The van der Waals surface area contributed by atoms with Crippen LogP contribution in [0, 0.1) is 0 Å². The van der Waals surface area contributed by atoms with E-state index in [1.807, 2.05) is 0 Å². The first-order valence-electron chi connectivity index (χ1n) is 3.32. The van der Waals surface area contributed by atoms with E-state index in [1.54, 1.807) is 0 Å². The molecule has 110 valence electrons. The molecule has 0 radical (unpaired) electrons. The van der Waals surface area contributed by atoms with Gasteiger partial charge in [-0.25, -0.2) is 28.8 Å². The first-order valence-corrected chi connectivity index (χ1v) is 3.32. The van der Waals surface area contributed by atoms with Crippen LogP contribution in [0.5, 0.6) is 0 Å². The van der Waals surface area contributed by atoms with Crippen LogP contribution in [0.15, 0.2) is 0 Å². The minimum Gasteiger partial charge on any atom is -0.473 e. The van der Waals surface area contributed by atoms with Crippen molar-refractivity contribution in [1.29, 1.82) is 0 Å². The minimum atomic E-state index is -1.82. The Labute approximate surface area is 138 Å². The fraction of sp³-hybridized carbons (Fsp3) is 0. The Balaban J connectivity index is -0.0000000536. The molecule has 6 N–H and O–H groups in total. The maximum Gasteiger partial charge on any atom is 0.414 e. The first kappa shape index (κ1) is 30.9. The Hall–Kier alpha value is -1.75. The molecule has 0 saturated carbocycles. The molecule has 0 unspecified atom stereocenters. The van der Waals surface area contributed by atoms with Crippen LogP contribution in [0.3, 0.4) is 0 Å². The Bertz CT molecular complexity index is 281. The summed E-state index contributed by atoms with van der Waals surface area (Å²) in [7, 11) is 0. The summed E-state index contributed by atoms with van der Waals surface area (Å²) in [5.41, 5.74) is 0. The average Bonchev–Trinajstić information content (AvgIpc) is 2.18. The molecular weight excluding hydrogens is 360 g/mol. The van der Waals surface area contributed by atoms with Gasteiger partial charge in [-0.3, -0.25) is 0 Å². The molecule has 0 aliphatic carbocycles. The molecule has 14 heteroatoms. The fourth-order valence-corrected chi connectivity index (χ4v) is 0. The molecule has 0 aromatic heterocycles. The first-order chi connectivity index (χ1) is 7.93. The molecule has 0 aromatic carbocycles. The van der Waals surface area contributed by atoms with Gasteiger partial charge >= 0.3 is 35.8 Å². The zero-order valence-corrected chi connectivity index (χ0v) is 12.3. The van der Waals surface area contributed by atoms with Crippen LogP contribution in [-0.4, -0.2) is 66.5 Å². The molecule has 0 heterocycles. The third-order valence-corrected chi connectivity index (χ3v) is 0.549. The van der Waals surface area contributed by atoms with Crippen molar-refractivity contribution >= 4 is 35.8 Å². The molecule has 12 nitrogen and oxygen atoms in total. The summed E-state index contributed by atoms with van der Waals surface area (Å²) in [5.74, 6) is -10.9. The van der Waals surface area contributed by atoms with E-state index in [0.29, 0.717) is 0 Å². The van der Waals surface area contributed by atoms with E-state index in [4.69, 9.17) is 59.4 Å². The van der Waals surface area contributed by atoms with Crippen molar-refractivity contribution in [3.05, 3.63) is 0 Å². The van der Waals surface area contributed by atoms with Gasteiger partial charge in [-0.2, -0.15) is 0 Å². The average molecular weight is 366 g/mol. The van der Waals surface area contributed by atoms with Gasteiger partial charge < -0.3 is 30.6 Å². The second-order valence-corrected chi connectivity index (χ2v) is 1.83. The number of hydrogen-bond donors (Lipinski definition) is 6. The van der Waals surface area contributed by atoms with Crippen molar-refractivity contribution in [3.8, 4) is 0 Å². The maximum atomic E-state index is 9.10. The Morgan fingerprint density at radius 3 is 0.400 bits per heavy atom. The zero-order valence-electron chi connectivity index (χ0n) is 9.13. The second-order valence-electron chi connectivity index (χ2n) is 1.83. The molecule has 0 aliphatic heterocycles. The van der Waals surface area contributed by atoms with Crippen LogP contribution in [0.1, 0.15) is 0 Å². The molecular formula is C6H6O12Ti2. The molecule has 0 bridgehead atoms. The number of aliphatic carboxylic acids is 6. The van der Waals surface area contributed by atoms with Crippen molar-refractivity contribution in [2.24, 2.45) is 0 Å². The largest absolute Gasteiger partial charge is 0.473 e. The third-order valence-electron chi connectivity index (χ3n) is 0.549. The molecule has 0 rings (SSSR count). The molecule has 0 aromatic rings. The van der Waals surface area contributed by atoms with Crippen molar-refractivity contribution in [2.75, 3.05) is 0 Å². The summed E-state index contributed by atoms with van der Waals surface area (Å²) in [6.45, 7) is 0. The van der Waals surface area contributed by atoms with Crippen LogP contribution in [0.25, 0.3) is 0 Å². The summed E-state index contributed by atoms with van der Waals surface area (Å²) in [6, 6.07) is 0. The Kier molecular flexibility index (Phi) is 26.7. The van der Waals surface area contributed by atoms with Crippen LogP contribution in [-0.2, 0) is 72.2 Å². The van der Waals surface area contributed by atoms with Gasteiger partial charge in [0, 0.05) is 43.4 Å². The predicted molar refractivity (Wildman–Crippen MR) is 45.8 cm³/mol. The summed E-state index contributed by atoms with van der Waals surface area (Å²) >= 11 is 0. The third kappa shape index (κ3) is 36.0. The number of carboxylic acid groups (broad SMARTS) is 6. The van der Waals surface area contributed by atoms with E-state index in [-0.39, 0.29) is 43.4 Å². The van der Waals surface area contributed by atoms with E-state index in [9.17, 15) is 0 Å². The molecule has 0 spiro atoms. The van der Waals surface area contributed by atoms with Gasteiger partial charge in [0.05, 0.1) is 0 Å². The Morgan fingerprint density at radius 1 is 0.350 bits per heavy atom. The van der Waals surface area contributed by atoms with Crippen molar-refractivity contribution < 1.29 is 103 Å². The predicted octanol–water partition coefficient (Wildman–Crippen LogP) is -2.54. The van der Waals surface area contributed by atoms with E-state index < -0.39 is 35.8 Å². The number of hydrogen-bond acceptors (Lipinski definition) is 6. The molecule has 20 heavy (non-hydrogen) atoms. The fourth-order valence-electron chi connectivity index (χ4n) is 0. The monoisotopic (exact) mass is 366 g/mol. The second kappa shape index (κ2) is 17.2. The summed E-state index contributed by atoms with van der Waals surface area (Å²) < 4.78 is 0. The summed E-state index contributed by atoms with van der Waals surface area (Å²) in [5, 5.41) is 44.3. The van der Waals surface area contributed by atoms with Crippen LogP contribution >= 0.6 is 0 Å². The molecule has 0 saturated heterocycles. The topological polar surface area (TPSA) is 224 Å². The number of carbonyl (C=O) groups is 6. The molecule has 0 aliphatic rings. The SMILES string of the molecule is O=C(O)C(=O)O.O=C(O)C(=O)O.O=C(O)C(=O)O.[Ti].[Ti]. The van der Waals surface area contributed by atoms with Gasteiger partial charge in [0.15, 0.2) is 0 Å². The van der Waals surface area contributed by atoms with Gasteiger partial charge in [0.1, 0.15) is 0 Å². The van der Waals surface area contributed by atoms with E-state index in [0.717, 1.165) is 0 Å². The zero-order chi connectivity index (χ0) is 15.5. The Morgan fingerprint density at radius 2 is 0.400 bits per heavy atom. The van der Waals surface area contributed by atoms with E-state index >= 15 is 0 Å². The van der Waals surface area contributed by atoms with Gasteiger partial charge in [-0.05, 0) is 0 Å². The summed E-state index contributed by atoms with van der Waals surface area (Å²) in [6.07, 6.45) is 0. The van der Waals surface area contributed by atoms with Crippen molar-refractivity contribution in [1.82, 2.24) is 0 Å². The van der Waals surface area contributed by atoms with E-state index in [2.05, 4.69) is 0 Å². The van der Waals surface area contributed by atoms with Gasteiger partial charge in [0.25, 0.3) is 0 Å². The van der Waals surface area contributed by atoms with Gasteiger partial charge in [-0.1, -0.05) is 0 Å². The molecule has 0 atom stereocenters. The molecule has 0 amide bonds. The number of carboxylic acids is 6. The quantitative estimate of drug-likeness (QED) is 0.193. The number of rotatable bonds is 0. The van der Waals surface area contributed by atoms with Crippen LogP contribution in [0.4, 0.5) is 0 Å². The smallest absolute Gasteiger partial charge is 0.414 e. The van der Waals surface area contributed by atoms with Gasteiger partial charge in [-0.15, -0.1) is 0 Å². The van der Waals surface area contributed by atoms with Crippen molar-refractivity contribution in [2.45, 2.75) is 0 Å². The van der Waals surface area contributed by atoms with Crippen molar-refractivity contribution in [3.63, 3.8) is 0 Å². The van der Waals surface area contributed by atoms with E-state index in [1.165, 1.54) is 0 Å². The van der Waals surface area contributed by atoms with Crippen LogP contribution in [0.2, 0.25) is 0 Å². The summed E-state index contributed by atoms with van der Waals surface area (Å²) in [4.78, 5) is 54.6. The normalized spacial score (nSPS) is 6.60. The van der Waals surface area contributed by atoms with Crippen LogP contribution < -0.4 is 0 Å². The molecule has 0 fully saturated rings. The maximum absolute atomic E-state index is 9.10. The van der Waals surface area contributed by atoms with Gasteiger partial charge in [0.2, 0.25) is 0 Å².